The summed E-state index contributed by atoms with van der Waals surface area (Å²) in [6.07, 6.45) is 5.09. The van der Waals surface area contributed by atoms with Crippen LogP contribution in [0.5, 0.6) is 0 Å². The SMILES string of the molecule is CCOC(=O)OC1=CC(=O)C=C2CC[C@@H]3[C@H](C(=O)C[C@]4(C)C(C(=O)OCCl)CC[C@@H]34)[C@]21C. The zero-order chi connectivity index (χ0) is 23.3. The van der Waals surface area contributed by atoms with Crippen molar-refractivity contribution >= 4 is 35.3 Å². The number of hydrogen-bond acceptors (Lipinski definition) is 7. The Morgan fingerprint density at radius 2 is 1.88 bits per heavy atom. The van der Waals surface area contributed by atoms with Gasteiger partial charge in [-0.3, -0.25) is 14.4 Å². The second-order valence-electron chi connectivity index (χ2n) is 9.71. The minimum absolute atomic E-state index is 0.0135. The maximum absolute atomic E-state index is 13.7. The molecule has 3 fully saturated rings. The fourth-order valence-corrected chi connectivity index (χ4v) is 7.13. The highest BCUT2D eigenvalue weighted by molar-refractivity contribution is 6.17. The van der Waals surface area contributed by atoms with E-state index in [9.17, 15) is 19.2 Å². The van der Waals surface area contributed by atoms with Gasteiger partial charge < -0.3 is 14.2 Å². The topological polar surface area (TPSA) is 96.0 Å². The molecule has 4 aliphatic carbocycles. The summed E-state index contributed by atoms with van der Waals surface area (Å²) in [6.45, 7) is 5.72. The molecule has 0 aromatic heterocycles. The lowest BCUT2D eigenvalue weighted by Crippen LogP contribution is -2.56. The molecular formula is C24H29ClO7. The van der Waals surface area contributed by atoms with Crippen molar-refractivity contribution in [3.63, 3.8) is 0 Å². The largest absolute Gasteiger partial charge is 0.513 e. The Hall–Kier alpha value is -2.15. The molecule has 6 atom stereocenters. The van der Waals surface area contributed by atoms with Gasteiger partial charge in [-0.05, 0) is 62.9 Å². The van der Waals surface area contributed by atoms with Gasteiger partial charge in [-0.25, -0.2) is 4.79 Å². The first kappa shape index (κ1) is 23.0. The van der Waals surface area contributed by atoms with Gasteiger partial charge in [0.05, 0.1) is 17.9 Å². The van der Waals surface area contributed by atoms with Gasteiger partial charge in [0.25, 0.3) is 0 Å². The quantitative estimate of drug-likeness (QED) is 0.451. The minimum Gasteiger partial charge on any atom is -0.449 e. The van der Waals surface area contributed by atoms with E-state index in [1.54, 1.807) is 13.0 Å². The summed E-state index contributed by atoms with van der Waals surface area (Å²) in [4.78, 5) is 50.8. The highest BCUT2D eigenvalue weighted by Gasteiger charge is 2.65. The molecule has 1 unspecified atom stereocenters. The van der Waals surface area contributed by atoms with Crippen LogP contribution in [0.1, 0.15) is 52.9 Å². The van der Waals surface area contributed by atoms with Gasteiger partial charge in [0.15, 0.2) is 11.8 Å². The molecule has 174 valence electrons. The number of carbonyl (C=O) groups excluding carboxylic acids is 4. The first-order valence-corrected chi connectivity index (χ1v) is 11.8. The van der Waals surface area contributed by atoms with Crippen molar-refractivity contribution in [3.05, 3.63) is 23.5 Å². The predicted molar refractivity (Wildman–Crippen MR) is 114 cm³/mol. The molecule has 0 N–H and O–H groups in total. The van der Waals surface area contributed by atoms with Gasteiger partial charge >= 0.3 is 12.1 Å². The first-order chi connectivity index (χ1) is 15.2. The van der Waals surface area contributed by atoms with Gasteiger partial charge in [-0.1, -0.05) is 24.1 Å². The van der Waals surface area contributed by atoms with E-state index < -0.39 is 22.9 Å². The summed E-state index contributed by atoms with van der Waals surface area (Å²) in [5.41, 5.74) is -0.565. The third-order valence-electron chi connectivity index (χ3n) is 8.33. The van der Waals surface area contributed by atoms with Crippen molar-refractivity contribution in [3.8, 4) is 0 Å². The molecule has 0 amide bonds. The maximum Gasteiger partial charge on any atom is 0.513 e. The number of ketones is 2. The standard InChI is InChI=1S/C24H29ClO7/c1-4-30-22(29)32-19-10-14(26)9-13-5-6-15-16-7-8-17(21(28)31-12-25)23(16,2)11-18(27)20(15)24(13,19)3/h9-10,15-17,20H,4-8,11-12H2,1-3H3/t15-,16-,17?,20+,23-,24+/m0/s1. The maximum atomic E-state index is 13.7. The van der Waals surface area contributed by atoms with Crippen molar-refractivity contribution in [2.45, 2.75) is 52.9 Å². The smallest absolute Gasteiger partial charge is 0.449 e. The van der Waals surface area contributed by atoms with Crippen LogP contribution in [-0.4, -0.2) is 36.4 Å². The normalized spacial score (nSPS) is 38.0. The Bertz CT molecular complexity index is 921. The lowest BCUT2D eigenvalue weighted by Gasteiger charge is -2.56. The van der Waals surface area contributed by atoms with E-state index in [1.807, 2.05) is 13.8 Å². The van der Waals surface area contributed by atoms with Crippen molar-refractivity contribution in [2.75, 3.05) is 12.7 Å². The van der Waals surface area contributed by atoms with Gasteiger partial charge in [0.2, 0.25) is 0 Å². The molecule has 0 spiro atoms. The van der Waals surface area contributed by atoms with Gasteiger partial charge in [0, 0.05) is 18.4 Å². The summed E-state index contributed by atoms with van der Waals surface area (Å²) in [5.74, 6) is -1.02. The third-order valence-corrected chi connectivity index (χ3v) is 8.44. The summed E-state index contributed by atoms with van der Waals surface area (Å²) < 4.78 is 15.5. The number of esters is 1. The van der Waals surface area contributed by atoms with Crippen LogP contribution in [0.15, 0.2) is 23.5 Å². The molecule has 0 bridgehead atoms. The molecule has 0 heterocycles. The van der Waals surface area contributed by atoms with Crippen molar-refractivity contribution in [1.29, 1.82) is 0 Å². The number of allylic oxidation sites excluding steroid dienone is 3. The fraction of sp³-hybridized carbons (Fsp3) is 0.667. The number of carbonyl (C=O) groups is 4. The van der Waals surface area contributed by atoms with E-state index in [-0.39, 0.29) is 60.1 Å². The Labute approximate surface area is 192 Å². The van der Waals surface area contributed by atoms with E-state index in [0.717, 1.165) is 18.4 Å². The minimum atomic E-state index is -0.892. The van der Waals surface area contributed by atoms with Crippen molar-refractivity contribution in [1.82, 2.24) is 0 Å². The molecule has 3 saturated carbocycles. The lowest BCUT2D eigenvalue weighted by molar-refractivity contribution is -0.157. The molecule has 0 aliphatic heterocycles. The molecule has 4 rings (SSSR count). The second kappa shape index (κ2) is 8.32. The molecule has 8 heteroatoms. The third kappa shape index (κ3) is 3.40. The average Bonchev–Trinajstić information content (AvgIpc) is 3.05. The number of rotatable bonds is 4. The molecule has 4 aliphatic rings. The van der Waals surface area contributed by atoms with Crippen LogP contribution in [0.3, 0.4) is 0 Å². The van der Waals surface area contributed by atoms with Crippen molar-refractivity contribution in [2.24, 2.45) is 34.5 Å². The van der Waals surface area contributed by atoms with E-state index in [4.69, 9.17) is 25.8 Å². The van der Waals surface area contributed by atoms with Gasteiger partial charge in [-0.2, -0.15) is 0 Å². The highest BCUT2D eigenvalue weighted by atomic mass is 35.5. The van der Waals surface area contributed by atoms with E-state index in [1.165, 1.54) is 6.08 Å². The number of halogens is 1. The highest BCUT2D eigenvalue weighted by Crippen LogP contribution is 2.66. The number of hydrogen-bond donors (Lipinski definition) is 0. The molecule has 0 radical (unpaired) electrons. The van der Waals surface area contributed by atoms with Crippen LogP contribution in [0.25, 0.3) is 0 Å². The Morgan fingerprint density at radius 1 is 1.12 bits per heavy atom. The molecule has 0 saturated heterocycles. The Balaban J connectivity index is 1.70. The summed E-state index contributed by atoms with van der Waals surface area (Å²) in [6, 6.07) is -0.199. The Kier molecular flexibility index (Phi) is 5.99. The monoisotopic (exact) mass is 464 g/mol. The predicted octanol–water partition coefficient (Wildman–Crippen LogP) is 4.33. The number of Topliss-reactive ketones (excluding diaryl/α,β-unsaturated/α-hetero) is 1. The summed E-state index contributed by atoms with van der Waals surface area (Å²) >= 11 is 5.62. The zero-order valence-electron chi connectivity index (χ0n) is 18.6. The van der Waals surface area contributed by atoms with Crippen LogP contribution >= 0.6 is 11.6 Å². The zero-order valence-corrected chi connectivity index (χ0v) is 19.4. The van der Waals surface area contributed by atoms with E-state index in [2.05, 4.69) is 0 Å². The molecule has 7 nitrogen and oxygen atoms in total. The summed E-state index contributed by atoms with van der Waals surface area (Å²) in [5, 5.41) is 0. The average molecular weight is 465 g/mol. The second-order valence-corrected chi connectivity index (χ2v) is 9.92. The van der Waals surface area contributed by atoms with E-state index >= 15 is 0 Å². The van der Waals surface area contributed by atoms with Crippen molar-refractivity contribution < 1.29 is 33.4 Å². The van der Waals surface area contributed by atoms with Crippen LogP contribution < -0.4 is 0 Å². The van der Waals surface area contributed by atoms with Crippen LogP contribution in [-0.2, 0) is 28.6 Å². The number of fused-ring (bicyclic) bond motifs is 5. The lowest BCUT2D eigenvalue weighted by atomic mass is 9.47. The fourth-order valence-electron chi connectivity index (χ4n) is 7.02. The molecular weight excluding hydrogens is 436 g/mol. The van der Waals surface area contributed by atoms with Gasteiger partial charge in [-0.15, -0.1) is 0 Å². The molecule has 0 aromatic carbocycles. The first-order valence-electron chi connectivity index (χ1n) is 11.2. The van der Waals surface area contributed by atoms with E-state index in [0.29, 0.717) is 12.8 Å². The molecule has 0 aromatic rings. The van der Waals surface area contributed by atoms with Crippen LogP contribution in [0.2, 0.25) is 0 Å². The van der Waals surface area contributed by atoms with Crippen LogP contribution in [0.4, 0.5) is 4.79 Å². The number of alkyl halides is 1. The van der Waals surface area contributed by atoms with Crippen LogP contribution in [0, 0.1) is 34.5 Å². The molecule has 32 heavy (non-hydrogen) atoms. The van der Waals surface area contributed by atoms with Gasteiger partial charge in [0.1, 0.15) is 11.5 Å². The summed E-state index contributed by atoms with van der Waals surface area (Å²) in [7, 11) is 0. The number of ether oxygens (including phenoxy) is 3. The Morgan fingerprint density at radius 3 is 2.56 bits per heavy atom.